The molecule has 11 nitrogen and oxygen atoms in total. The summed E-state index contributed by atoms with van der Waals surface area (Å²) in [5, 5.41) is 17.7. The number of likely N-dealkylation sites (tertiary alicyclic amines) is 1. The zero-order valence-corrected chi connectivity index (χ0v) is 22.9. The number of fused-ring (bicyclic) bond motifs is 2. The number of benzene rings is 1. The number of para-hydroxylation sites is 1. The Balaban J connectivity index is 1.51. The Kier molecular flexibility index (Phi) is 7.78. The number of ether oxygens (including phenoxy) is 2. The van der Waals surface area contributed by atoms with E-state index >= 15 is 0 Å². The third-order valence-electron chi connectivity index (χ3n) is 8.55. The lowest BCUT2D eigenvalue weighted by atomic mass is 9.66. The van der Waals surface area contributed by atoms with Crippen LogP contribution in [0.5, 0.6) is 0 Å². The van der Waals surface area contributed by atoms with Gasteiger partial charge in [-0.2, -0.15) is 0 Å². The molecule has 2 unspecified atom stereocenters. The van der Waals surface area contributed by atoms with Gasteiger partial charge in [-0.25, -0.2) is 4.68 Å². The second-order valence-corrected chi connectivity index (χ2v) is 11.0. The Morgan fingerprint density at radius 1 is 1.23 bits per heavy atom. The lowest BCUT2D eigenvalue weighted by Gasteiger charge is -2.36. The Morgan fingerprint density at radius 2 is 2.02 bits per heavy atom. The summed E-state index contributed by atoms with van der Waals surface area (Å²) in [6.07, 6.45) is 6.03. The van der Waals surface area contributed by atoms with Crippen LogP contribution in [-0.4, -0.2) is 91.2 Å². The highest BCUT2D eigenvalue weighted by Crippen LogP contribution is 2.63. The van der Waals surface area contributed by atoms with Gasteiger partial charge < -0.3 is 24.4 Å². The Labute approximate surface area is 233 Å². The van der Waals surface area contributed by atoms with Crippen LogP contribution in [-0.2, 0) is 30.5 Å². The maximum absolute atomic E-state index is 14.5. The monoisotopic (exact) mass is 551 g/mol. The topological polar surface area (TPSA) is 127 Å². The summed E-state index contributed by atoms with van der Waals surface area (Å²) < 4.78 is 13.7. The fourth-order valence-corrected chi connectivity index (χ4v) is 6.83. The molecule has 0 aliphatic carbocycles. The molecule has 1 aromatic carbocycles. The molecule has 3 saturated heterocycles. The fraction of sp³-hybridized carbons (Fsp3) is 0.552. The highest BCUT2D eigenvalue weighted by Gasteiger charge is 2.78. The summed E-state index contributed by atoms with van der Waals surface area (Å²) in [6, 6.07) is 6.56. The normalized spacial score (nSPS) is 28.6. The van der Waals surface area contributed by atoms with E-state index < -0.39 is 35.0 Å². The first-order chi connectivity index (χ1) is 19.3. The van der Waals surface area contributed by atoms with Crippen molar-refractivity contribution in [2.24, 2.45) is 11.8 Å². The molecule has 3 fully saturated rings. The van der Waals surface area contributed by atoms with Crippen LogP contribution in [0.25, 0.3) is 11.0 Å². The molecule has 2 bridgehead atoms. The summed E-state index contributed by atoms with van der Waals surface area (Å²) in [5.74, 6) is -2.71. The van der Waals surface area contributed by atoms with Gasteiger partial charge in [0, 0.05) is 19.7 Å². The van der Waals surface area contributed by atoms with Crippen LogP contribution >= 0.6 is 0 Å². The first-order valence-electron chi connectivity index (χ1n) is 13.9. The van der Waals surface area contributed by atoms with E-state index in [2.05, 4.69) is 23.5 Å². The average Bonchev–Trinajstić information content (AvgIpc) is 3.65. The Bertz CT molecular complexity index is 1310. The van der Waals surface area contributed by atoms with Crippen LogP contribution < -0.4 is 0 Å². The van der Waals surface area contributed by atoms with E-state index in [9.17, 15) is 19.5 Å². The molecule has 1 N–H and O–H groups in total. The molecular weight excluding hydrogens is 514 g/mol. The molecule has 2 amide bonds. The molecule has 2 aromatic rings. The van der Waals surface area contributed by atoms with Crippen LogP contribution in [0.3, 0.4) is 0 Å². The summed E-state index contributed by atoms with van der Waals surface area (Å²) in [6.45, 7) is 10.0. The quantitative estimate of drug-likeness (QED) is 0.228. The summed E-state index contributed by atoms with van der Waals surface area (Å²) in [7, 11) is 0. The summed E-state index contributed by atoms with van der Waals surface area (Å²) in [4.78, 5) is 45.1. The van der Waals surface area contributed by atoms with Crippen LogP contribution in [0.1, 0.15) is 39.0 Å². The first kappa shape index (κ1) is 28.0. The van der Waals surface area contributed by atoms with Crippen molar-refractivity contribution < 1.29 is 29.0 Å². The number of aromatic nitrogens is 3. The molecule has 3 aliphatic rings. The van der Waals surface area contributed by atoms with Gasteiger partial charge in [-0.05, 0) is 51.2 Å². The molecule has 214 valence electrons. The zero-order chi connectivity index (χ0) is 28.5. The van der Waals surface area contributed by atoms with Crippen LogP contribution in [0.4, 0.5) is 0 Å². The molecule has 3 aliphatic heterocycles. The number of aliphatic hydroxyl groups is 1. The van der Waals surface area contributed by atoms with Gasteiger partial charge in [0.1, 0.15) is 36.4 Å². The van der Waals surface area contributed by atoms with Crippen molar-refractivity contribution in [2.75, 3.05) is 26.3 Å². The number of carbonyl (C=O) groups is 3. The number of hydrogen-bond donors (Lipinski definition) is 1. The van der Waals surface area contributed by atoms with Crippen LogP contribution in [0.15, 0.2) is 49.6 Å². The van der Waals surface area contributed by atoms with Gasteiger partial charge in [0.2, 0.25) is 11.8 Å². The number of unbranched alkanes of at least 4 members (excludes halogenated alkanes) is 2. The van der Waals surface area contributed by atoms with E-state index in [0.29, 0.717) is 44.2 Å². The van der Waals surface area contributed by atoms with E-state index in [1.807, 2.05) is 31.2 Å². The van der Waals surface area contributed by atoms with Gasteiger partial charge in [-0.15, -0.1) is 11.7 Å². The fourth-order valence-electron chi connectivity index (χ4n) is 6.83. The van der Waals surface area contributed by atoms with Gasteiger partial charge in [-0.1, -0.05) is 36.1 Å². The molecule has 4 heterocycles. The minimum Gasteiger partial charge on any atom is -0.461 e. The molecule has 1 aromatic heterocycles. The third kappa shape index (κ3) is 4.50. The van der Waals surface area contributed by atoms with Gasteiger partial charge >= 0.3 is 5.97 Å². The van der Waals surface area contributed by atoms with Gasteiger partial charge in [0.15, 0.2) is 0 Å². The molecule has 1 spiro atoms. The number of amides is 2. The molecule has 40 heavy (non-hydrogen) atoms. The number of esters is 1. The molecule has 0 radical (unpaired) electrons. The van der Waals surface area contributed by atoms with Crippen molar-refractivity contribution in [1.82, 2.24) is 24.8 Å². The van der Waals surface area contributed by atoms with E-state index in [4.69, 9.17) is 9.47 Å². The molecule has 5 atom stereocenters. The predicted octanol–water partition coefficient (Wildman–Crippen LogP) is 2.06. The van der Waals surface area contributed by atoms with E-state index in [1.54, 1.807) is 20.6 Å². The smallest absolute Gasteiger partial charge is 0.313 e. The van der Waals surface area contributed by atoms with E-state index in [0.717, 1.165) is 5.52 Å². The van der Waals surface area contributed by atoms with Gasteiger partial charge in [-0.3, -0.25) is 14.4 Å². The van der Waals surface area contributed by atoms with Gasteiger partial charge in [0.25, 0.3) is 0 Å². The van der Waals surface area contributed by atoms with Crippen molar-refractivity contribution in [3.63, 3.8) is 0 Å². The van der Waals surface area contributed by atoms with Crippen molar-refractivity contribution >= 4 is 28.8 Å². The number of carbonyl (C=O) groups excluding carboxylic acids is 3. The second-order valence-electron chi connectivity index (χ2n) is 11.0. The summed E-state index contributed by atoms with van der Waals surface area (Å²) >= 11 is 0. The molecule has 11 heteroatoms. The lowest BCUT2D eigenvalue weighted by Crippen LogP contribution is -2.56. The largest absolute Gasteiger partial charge is 0.461 e. The van der Waals surface area contributed by atoms with Crippen LogP contribution in [0, 0.1) is 11.8 Å². The lowest BCUT2D eigenvalue weighted by molar-refractivity contribution is -0.159. The first-order valence-corrected chi connectivity index (χ1v) is 13.9. The number of nitrogens with zero attached hydrogens (tertiary/aromatic N) is 5. The summed E-state index contributed by atoms with van der Waals surface area (Å²) in [5.41, 5.74) is -0.577. The number of aliphatic hydroxyl groups excluding tert-OH is 1. The maximum Gasteiger partial charge on any atom is 0.313 e. The maximum atomic E-state index is 14.5. The molecule has 0 saturated carbocycles. The highest BCUT2D eigenvalue weighted by molar-refractivity contribution is 5.98. The molecular formula is C29H37N5O6. The average molecular weight is 552 g/mol. The van der Waals surface area contributed by atoms with Crippen molar-refractivity contribution in [2.45, 2.75) is 62.9 Å². The Morgan fingerprint density at radius 3 is 2.77 bits per heavy atom. The zero-order valence-electron chi connectivity index (χ0n) is 22.9. The van der Waals surface area contributed by atoms with Gasteiger partial charge in [0.05, 0.1) is 17.0 Å². The van der Waals surface area contributed by atoms with E-state index in [1.165, 1.54) is 6.08 Å². The van der Waals surface area contributed by atoms with E-state index in [-0.39, 0.29) is 38.2 Å². The van der Waals surface area contributed by atoms with Crippen molar-refractivity contribution in [1.29, 1.82) is 0 Å². The second kappa shape index (κ2) is 11.1. The predicted molar refractivity (Wildman–Crippen MR) is 145 cm³/mol. The highest BCUT2D eigenvalue weighted by atomic mass is 16.6. The number of hydrogen-bond acceptors (Lipinski definition) is 8. The Hall–Kier alpha value is -3.57. The number of rotatable bonds is 13. The third-order valence-corrected chi connectivity index (χ3v) is 8.55. The standard InChI is InChI=1S/C29H37N5O6/c1-4-15-32(19-34-21-12-8-7-11-20(21)30-31-34)26(37)24-29-14-13-28(3,40-29)23(27(38)39-18-5-2)22(29)25(36)33(24)16-9-6-10-17-35/h4-5,7-8,11-12,22-24,35H,1-2,6,9-10,13-19H2,3H3/t22-,23-,24?,28+,29?/m0/s1. The van der Waals surface area contributed by atoms with Crippen molar-refractivity contribution in [3.05, 3.63) is 49.6 Å². The van der Waals surface area contributed by atoms with Crippen LogP contribution in [0.2, 0.25) is 0 Å². The SMILES string of the molecule is C=CCOC(=O)[C@@H]1[C@H]2C(=O)N(CCCCCO)C(C(=O)N(CC=C)Cn3nnc4ccccc43)C23CC[C@@]1(C)O3. The van der Waals surface area contributed by atoms with Crippen molar-refractivity contribution in [3.8, 4) is 0 Å². The minimum atomic E-state index is -1.15. The molecule has 5 rings (SSSR count). The minimum absolute atomic E-state index is 0.0333.